The third-order valence-electron chi connectivity index (χ3n) is 5.22. The zero-order valence-electron chi connectivity index (χ0n) is 16.7. The van der Waals surface area contributed by atoms with E-state index in [9.17, 15) is 24.6 Å². The highest BCUT2D eigenvalue weighted by Gasteiger charge is 2.64. The van der Waals surface area contributed by atoms with Crippen molar-refractivity contribution in [3.63, 3.8) is 0 Å². The molecule has 5 atom stereocenters. The maximum absolute atomic E-state index is 12.9. The molecule has 0 bridgehead atoms. The van der Waals surface area contributed by atoms with Crippen LogP contribution in [-0.2, 0) is 14.4 Å². The monoisotopic (exact) mass is 364 g/mol. The van der Waals surface area contributed by atoms with Gasteiger partial charge in [-0.25, -0.2) is 0 Å². The van der Waals surface area contributed by atoms with Crippen molar-refractivity contribution in [1.82, 2.24) is 0 Å². The maximum Gasteiger partial charge on any atom is 0.185 e. The number of aliphatic hydroxyl groups excluding tert-OH is 1. The second-order valence-corrected chi connectivity index (χ2v) is 7.84. The molecule has 0 saturated heterocycles. The van der Waals surface area contributed by atoms with Gasteiger partial charge >= 0.3 is 0 Å². The average molecular weight is 364 g/mol. The molecule has 5 heteroatoms. The first kappa shape index (κ1) is 22.5. The van der Waals surface area contributed by atoms with E-state index < -0.39 is 46.8 Å². The molecular formula is C21H32O5. The van der Waals surface area contributed by atoms with Crippen molar-refractivity contribution in [2.24, 2.45) is 17.8 Å². The number of hydrogen-bond acceptors (Lipinski definition) is 5. The molecule has 1 aliphatic rings. The quantitative estimate of drug-likeness (QED) is 0.510. The lowest BCUT2D eigenvalue weighted by Gasteiger charge is -2.31. The Balaban J connectivity index is 3.35. The van der Waals surface area contributed by atoms with Gasteiger partial charge in [0.2, 0.25) is 0 Å². The van der Waals surface area contributed by atoms with Gasteiger partial charge in [-0.2, -0.15) is 0 Å². The number of carbonyl (C=O) groups is 3. The normalized spacial score (nSPS) is 27.8. The molecule has 2 N–H and O–H groups in total. The van der Waals surface area contributed by atoms with Gasteiger partial charge in [0.15, 0.2) is 23.0 Å². The van der Waals surface area contributed by atoms with Gasteiger partial charge in [-0.15, -0.1) is 0 Å². The van der Waals surface area contributed by atoms with Crippen LogP contribution in [0.1, 0.15) is 60.8 Å². The molecule has 0 aromatic carbocycles. The van der Waals surface area contributed by atoms with E-state index in [1.54, 1.807) is 19.1 Å². The van der Waals surface area contributed by atoms with Crippen LogP contribution in [0.2, 0.25) is 0 Å². The summed E-state index contributed by atoms with van der Waals surface area (Å²) in [5.41, 5.74) is -0.372. The fraction of sp³-hybridized carbons (Fsp3) is 0.667. The summed E-state index contributed by atoms with van der Waals surface area (Å²) in [4.78, 5) is 38.4. The topological polar surface area (TPSA) is 91.7 Å². The molecule has 0 aliphatic heterocycles. The number of Topliss-reactive ketones (excluding diaryl/α,β-unsaturated/α-hetero) is 3. The maximum atomic E-state index is 12.9. The van der Waals surface area contributed by atoms with E-state index in [0.29, 0.717) is 6.42 Å². The van der Waals surface area contributed by atoms with Gasteiger partial charge < -0.3 is 10.2 Å². The molecule has 0 aromatic heterocycles. The smallest absolute Gasteiger partial charge is 0.185 e. The van der Waals surface area contributed by atoms with Crippen molar-refractivity contribution >= 4 is 17.3 Å². The molecule has 1 rings (SSSR count). The van der Waals surface area contributed by atoms with Crippen molar-refractivity contribution in [2.45, 2.75) is 72.5 Å². The summed E-state index contributed by atoms with van der Waals surface area (Å²) >= 11 is 0. The van der Waals surface area contributed by atoms with Crippen molar-refractivity contribution in [3.05, 3.63) is 23.3 Å². The highest BCUT2D eigenvalue weighted by Crippen LogP contribution is 2.41. The predicted octanol–water partition coefficient (Wildman–Crippen LogP) is 2.79. The second-order valence-electron chi connectivity index (χ2n) is 7.84. The molecule has 3 unspecified atom stereocenters. The standard InChI is InChI=1S/C21H32O5/c1-7-14(6)18(23)17-19(24)15(10-8-12(2)3)21(26,20(17)25)16(22)11-9-13(4)5/h8-9,14-17,22,26H,7,10-11H2,1-6H3/t14?,15-,16?,17?,21-/m1/s1. The highest BCUT2D eigenvalue weighted by molar-refractivity contribution is 6.28. The molecule has 0 spiro atoms. The average Bonchev–Trinajstić information content (AvgIpc) is 2.76. The molecular weight excluding hydrogens is 332 g/mol. The summed E-state index contributed by atoms with van der Waals surface area (Å²) in [6, 6.07) is 0. The third kappa shape index (κ3) is 4.38. The molecule has 0 radical (unpaired) electrons. The number of aliphatic hydroxyl groups is 2. The Morgan fingerprint density at radius 2 is 1.69 bits per heavy atom. The number of rotatable bonds is 8. The van der Waals surface area contributed by atoms with Crippen molar-refractivity contribution in [1.29, 1.82) is 0 Å². The number of allylic oxidation sites excluding steroid dienone is 3. The van der Waals surface area contributed by atoms with E-state index in [1.807, 2.05) is 34.6 Å². The van der Waals surface area contributed by atoms with Crippen LogP contribution in [0.25, 0.3) is 0 Å². The van der Waals surface area contributed by atoms with Crippen molar-refractivity contribution in [3.8, 4) is 0 Å². The molecule has 0 heterocycles. The Labute approximate surface area is 156 Å². The van der Waals surface area contributed by atoms with Crippen LogP contribution in [0.4, 0.5) is 0 Å². The van der Waals surface area contributed by atoms with Gasteiger partial charge in [0.25, 0.3) is 0 Å². The van der Waals surface area contributed by atoms with Crippen LogP contribution >= 0.6 is 0 Å². The fourth-order valence-corrected chi connectivity index (χ4v) is 3.28. The van der Waals surface area contributed by atoms with E-state index >= 15 is 0 Å². The van der Waals surface area contributed by atoms with Gasteiger partial charge in [0.1, 0.15) is 5.92 Å². The van der Waals surface area contributed by atoms with Gasteiger partial charge in [-0.05, 0) is 47.0 Å². The van der Waals surface area contributed by atoms with Crippen LogP contribution in [0, 0.1) is 17.8 Å². The minimum absolute atomic E-state index is 0.0490. The van der Waals surface area contributed by atoms with Crippen LogP contribution in [-0.4, -0.2) is 39.3 Å². The van der Waals surface area contributed by atoms with Gasteiger partial charge in [-0.3, -0.25) is 14.4 Å². The Hall–Kier alpha value is -1.59. The molecule has 146 valence electrons. The van der Waals surface area contributed by atoms with Crippen LogP contribution in [0.3, 0.4) is 0 Å². The second kappa shape index (κ2) is 8.87. The van der Waals surface area contributed by atoms with Crippen molar-refractivity contribution in [2.75, 3.05) is 0 Å². The fourth-order valence-electron chi connectivity index (χ4n) is 3.28. The lowest BCUT2D eigenvalue weighted by atomic mass is 9.80. The molecule has 1 saturated carbocycles. The number of hydrogen-bond donors (Lipinski definition) is 2. The Morgan fingerprint density at radius 1 is 1.15 bits per heavy atom. The van der Waals surface area contributed by atoms with Crippen LogP contribution < -0.4 is 0 Å². The molecule has 0 aromatic rings. The minimum atomic E-state index is -2.23. The first-order chi connectivity index (χ1) is 12.0. The van der Waals surface area contributed by atoms with Gasteiger partial charge in [0.05, 0.1) is 12.0 Å². The number of ketones is 3. The van der Waals surface area contributed by atoms with Crippen molar-refractivity contribution < 1.29 is 24.6 Å². The number of carbonyl (C=O) groups excluding carboxylic acids is 3. The predicted molar refractivity (Wildman–Crippen MR) is 101 cm³/mol. The minimum Gasteiger partial charge on any atom is -0.389 e. The lowest BCUT2D eigenvalue weighted by molar-refractivity contribution is -0.156. The summed E-state index contributed by atoms with van der Waals surface area (Å²) in [6.45, 7) is 10.9. The summed E-state index contributed by atoms with van der Waals surface area (Å²) in [6.07, 6.45) is 2.71. The summed E-state index contributed by atoms with van der Waals surface area (Å²) in [7, 11) is 0. The first-order valence-corrected chi connectivity index (χ1v) is 9.27. The molecule has 1 fully saturated rings. The summed E-state index contributed by atoms with van der Waals surface area (Å²) < 4.78 is 0. The zero-order chi connectivity index (χ0) is 20.2. The molecule has 0 amide bonds. The van der Waals surface area contributed by atoms with Gasteiger partial charge in [0, 0.05) is 5.92 Å². The summed E-state index contributed by atoms with van der Waals surface area (Å²) in [5.74, 6) is -4.93. The van der Waals surface area contributed by atoms with E-state index in [0.717, 1.165) is 11.1 Å². The van der Waals surface area contributed by atoms with E-state index in [-0.39, 0.29) is 12.8 Å². The van der Waals surface area contributed by atoms with Crippen LogP contribution in [0.15, 0.2) is 23.3 Å². The van der Waals surface area contributed by atoms with E-state index in [4.69, 9.17) is 0 Å². The zero-order valence-corrected chi connectivity index (χ0v) is 16.7. The van der Waals surface area contributed by atoms with E-state index in [1.165, 1.54) is 0 Å². The van der Waals surface area contributed by atoms with Gasteiger partial charge in [-0.1, -0.05) is 37.1 Å². The highest BCUT2D eigenvalue weighted by atomic mass is 16.4. The summed E-state index contributed by atoms with van der Waals surface area (Å²) in [5, 5.41) is 21.7. The van der Waals surface area contributed by atoms with E-state index in [2.05, 4.69) is 0 Å². The molecule has 26 heavy (non-hydrogen) atoms. The Kier molecular flexibility index (Phi) is 7.66. The molecule has 1 aliphatic carbocycles. The molecule has 5 nitrogen and oxygen atoms in total. The SMILES string of the molecule is CCC(C)C(=O)C1C(=O)[C@@H](CC=C(C)C)[C@@](O)(C(O)CC=C(C)C)C1=O. The lowest BCUT2D eigenvalue weighted by Crippen LogP contribution is -2.52. The Bertz CT molecular complexity index is 622. The Morgan fingerprint density at radius 3 is 2.15 bits per heavy atom. The first-order valence-electron chi connectivity index (χ1n) is 9.27. The largest absolute Gasteiger partial charge is 0.389 e. The third-order valence-corrected chi connectivity index (χ3v) is 5.22. The van der Waals surface area contributed by atoms with Crippen LogP contribution in [0.5, 0.6) is 0 Å².